The molecule has 4 N–H and O–H groups in total. The van der Waals surface area contributed by atoms with Crippen LogP contribution in [-0.2, 0) is 16.9 Å². The van der Waals surface area contributed by atoms with Crippen molar-refractivity contribution in [2.24, 2.45) is 5.92 Å². The van der Waals surface area contributed by atoms with Crippen LogP contribution in [0.4, 0.5) is 22.0 Å². The Labute approximate surface area is 242 Å². The highest BCUT2D eigenvalue weighted by molar-refractivity contribution is 6.39. The van der Waals surface area contributed by atoms with Gasteiger partial charge in [-0.2, -0.15) is 5.10 Å². The molecule has 5 rings (SSSR count). The quantitative estimate of drug-likeness (QED) is 0.314. The van der Waals surface area contributed by atoms with Crippen LogP contribution in [0.3, 0.4) is 0 Å². The molecule has 0 radical (unpaired) electrons. The molecule has 12 heteroatoms. The summed E-state index contributed by atoms with van der Waals surface area (Å²) in [6.07, 6.45) is 1.62. The summed E-state index contributed by atoms with van der Waals surface area (Å²) in [4.78, 5) is 43.0. The molecule has 0 atom stereocenters. The number of piperidine rings is 1. The maximum atomic E-state index is 13.3. The Morgan fingerprint density at radius 2 is 1.68 bits per heavy atom. The lowest BCUT2D eigenvalue weighted by molar-refractivity contribution is -0.121. The summed E-state index contributed by atoms with van der Waals surface area (Å²) in [6.45, 7) is 5.74. The number of urea groups is 1. The lowest BCUT2D eigenvalue weighted by atomic mass is 9.96. The van der Waals surface area contributed by atoms with Crippen LogP contribution in [0.25, 0.3) is 0 Å². The van der Waals surface area contributed by atoms with Crippen molar-refractivity contribution in [2.75, 3.05) is 36.1 Å². The van der Waals surface area contributed by atoms with E-state index in [1.807, 2.05) is 13.8 Å². The van der Waals surface area contributed by atoms with Crippen LogP contribution in [0.1, 0.15) is 48.3 Å². The number of benzene rings is 2. The second-order valence-electron chi connectivity index (χ2n) is 10.7. The van der Waals surface area contributed by atoms with Crippen molar-refractivity contribution in [1.82, 2.24) is 20.0 Å². The third-order valence-electron chi connectivity index (χ3n) is 7.62. The van der Waals surface area contributed by atoms with Crippen molar-refractivity contribution in [2.45, 2.75) is 38.8 Å². The van der Waals surface area contributed by atoms with Gasteiger partial charge in [-0.05, 0) is 77.2 Å². The summed E-state index contributed by atoms with van der Waals surface area (Å²) in [5.41, 5.74) is 1.93. The number of anilines is 3. The predicted molar refractivity (Wildman–Crippen MR) is 156 cm³/mol. The summed E-state index contributed by atoms with van der Waals surface area (Å²) in [5, 5.41) is 16.6. The number of carbonyl (C=O) groups is 3. The number of nitrogens with one attached hydrogen (secondary N) is 4. The maximum Gasteiger partial charge on any atom is 0.323 e. The van der Waals surface area contributed by atoms with Crippen LogP contribution in [0.2, 0.25) is 10.0 Å². The van der Waals surface area contributed by atoms with Crippen LogP contribution in [-0.4, -0.2) is 58.0 Å². The summed E-state index contributed by atoms with van der Waals surface area (Å²) in [6, 6.07) is 11.4. The Morgan fingerprint density at radius 1 is 1.00 bits per heavy atom. The van der Waals surface area contributed by atoms with Crippen molar-refractivity contribution in [3.8, 4) is 0 Å². The number of nitrogens with zero attached hydrogens (tertiary/aromatic N) is 3. The van der Waals surface area contributed by atoms with Crippen LogP contribution in [0.5, 0.6) is 0 Å². The largest absolute Gasteiger partial charge is 0.326 e. The number of H-pyrrole nitrogens is 1. The fourth-order valence-electron chi connectivity index (χ4n) is 5.17. The Balaban J connectivity index is 1.27. The zero-order valence-electron chi connectivity index (χ0n) is 22.5. The van der Waals surface area contributed by atoms with E-state index in [2.05, 4.69) is 38.1 Å². The van der Waals surface area contributed by atoms with E-state index in [0.29, 0.717) is 44.1 Å². The number of hydrogen-bond donors (Lipinski definition) is 4. The highest BCUT2D eigenvalue weighted by atomic mass is 35.5. The van der Waals surface area contributed by atoms with Crippen LogP contribution < -0.4 is 16.0 Å². The Hall–Kier alpha value is -3.60. The Morgan fingerprint density at radius 3 is 2.38 bits per heavy atom. The van der Waals surface area contributed by atoms with Crippen molar-refractivity contribution in [3.05, 3.63) is 69.3 Å². The molecule has 10 nitrogen and oxygen atoms in total. The van der Waals surface area contributed by atoms with E-state index in [9.17, 15) is 14.4 Å². The van der Waals surface area contributed by atoms with E-state index in [-0.39, 0.29) is 24.3 Å². The highest BCUT2D eigenvalue weighted by Crippen LogP contribution is 2.41. The summed E-state index contributed by atoms with van der Waals surface area (Å²) in [5.74, 6) is -0.125. The SMILES string of the molecule is CN1CCC(C(=O)Nc2cccc(C(=O)Nc3n[nH]c4c3CN(C(=O)Nc3c(Cl)cccc3Cl)C4(C)C)c2)CC1. The summed E-state index contributed by atoms with van der Waals surface area (Å²) < 4.78 is 0. The van der Waals surface area contributed by atoms with Gasteiger partial charge in [0.2, 0.25) is 5.91 Å². The average Bonchev–Trinajstić information content (AvgIpc) is 3.44. The minimum atomic E-state index is -0.749. The molecule has 0 aliphatic carbocycles. The first kappa shape index (κ1) is 27.9. The molecule has 2 aliphatic heterocycles. The molecule has 0 saturated carbocycles. The molecule has 3 heterocycles. The van der Waals surface area contributed by atoms with Crippen LogP contribution in [0, 0.1) is 5.92 Å². The fourth-order valence-corrected chi connectivity index (χ4v) is 5.66. The first-order valence-electron chi connectivity index (χ1n) is 13.1. The number of aromatic nitrogens is 2. The van der Waals surface area contributed by atoms with Gasteiger partial charge in [-0.25, -0.2) is 4.79 Å². The number of likely N-dealkylation sites (tertiary alicyclic amines) is 1. The van der Waals surface area contributed by atoms with Gasteiger partial charge >= 0.3 is 6.03 Å². The molecular formula is C28H31Cl2N7O3. The fraction of sp³-hybridized carbons (Fsp3) is 0.357. The number of amides is 4. The summed E-state index contributed by atoms with van der Waals surface area (Å²) >= 11 is 12.5. The predicted octanol–water partition coefficient (Wildman–Crippen LogP) is 5.53. The molecule has 210 valence electrons. The monoisotopic (exact) mass is 583 g/mol. The number of hydrogen-bond acceptors (Lipinski definition) is 5. The molecule has 0 unspecified atom stereocenters. The number of para-hydroxylation sites is 1. The highest BCUT2D eigenvalue weighted by Gasteiger charge is 2.44. The molecule has 0 spiro atoms. The Bertz CT molecular complexity index is 1440. The van der Waals surface area contributed by atoms with E-state index < -0.39 is 11.6 Å². The van der Waals surface area contributed by atoms with Gasteiger partial charge in [0, 0.05) is 22.7 Å². The van der Waals surface area contributed by atoms with E-state index >= 15 is 0 Å². The molecule has 1 aromatic heterocycles. The van der Waals surface area contributed by atoms with E-state index in [4.69, 9.17) is 23.2 Å². The molecule has 1 saturated heterocycles. The molecular weight excluding hydrogens is 553 g/mol. The summed E-state index contributed by atoms with van der Waals surface area (Å²) in [7, 11) is 2.05. The number of rotatable bonds is 5. The van der Waals surface area contributed by atoms with Crippen LogP contribution >= 0.6 is 23.2 Å². The molecule has 0 bridgehead atoms. The topological polar surface area (TPSA) is 122 Å². The third kappa shape index (κ3) is 5.52. The standard InChI is InChI=1S/C28H31Cl2N7O3/c1-28(2)23-19(15-37(28)27(40)32-22-20(29)8-5-9-21(22)30)24(35-34-23)33-26(39)17-6-4-7-18(14-17)31-25(38)16-10-12-36(3)13-11-16/h4-9,14,16H,10-13,15H2,1-3H3,(H,31,38)(H,32,40)(H2,33,34,35,39). The minimum absolute atomic E-state index is 0.0329. The van der Waals surface area contributed by atoms with Crippen molar-refractivity contribution in [3.63, 3.8) is 0 Å². The van der Waals surface area contributed by atoms with Gasteiger partial charge in [0.1, 0.15) is 0 Å². The van der Waals surface area contributed by atoms with E-state index in [1.165, 1.54) is 0 Å². The third-order valence-corrected chi connectivity index (χ3v) is 8.25. The van der Waals surface area contributed by atoms with Gasteiger partial charge in [0.05, 0.1) is 33.5 Å². The van der Waals surface area contributed by atoms with Gasteiger partial charge in [-0.1, -0.05) is 35.3 Å². The van der Waals surface area contributed by atoms with Crippen molar-refractivity contribution in [1.29, 1.82) is 0 Å². The molecule has 2 aromatic carbocycles. The number of carbonyl (C=O) groups excluding carboxylic acids is 3. The van der Waals surface area contributed by atoms with Crippen molar-refractivity contribution >= 4 is 58.2 Å². The first-order chi connectivity index (χ1) is 19.0. The number of aromatic amines is 1. The lowest BCUT2D eigenvalue weighted by Gasteiger charge is -2.32. The van der Waals surface area contributed by atoms with Gasteiger partial charge in [-0.3, -0.25) is 14.7 Å². The zero-order valence-corrected chi connectivity index (χ0v) is 24.0. The number of fused-ring (bicyclic) bond motifs is 1. The maximum absolute atomic E-state index is 13.3. The molecule has 40 heavy (non-hydrogen) atoms. The Kier molecular flexibility index (Phi) is 7.76. The van der Waals surface area contributed by atoms with Gasteiger partial charge in [0.25, 0.3) is 5.91 Å². The van der Waals surface area contributed by atoms with Gasteiger partial charge in [-0.15, -0.1) is 0 Å². The van der Waals surface area contributed by atoms with Gasteiger partial charge < -0.3 is 25.8 Å². The second-order valence-corrected chi connectivity index (χ2v) is 11.5. The minimum Gasteiger partial charge on any atom is -0.326 e. The average molecular weight is 585 g/mol. The smallest absolute Gasteiger partial charge is 0.323 e. The van der Waals surface area contributed by atoms with E-state index in [0.717, 1.165) is 25.9 Å². The van der Waals surface area contributed by atoms with E-state index in [1.54, 1.807) is 47.4 Å². The normalized spacial score (nSPS) is 16.9. The van der Waals surface area contributed by atoms with Gasteiger partial charge in [0.15, 0.2) is 5.82 Å². The molecule has 2 aliphatic rings. The lowest BCUT2D eigenvalue weighted by Crippen LogP contribution is -2.43. The second kappa shape index (κ2) is 11.1. The van der Waals surface area contributed by atoms with Crippen LogP contribution in [0.15, 0.2) is 42.5 Å². The molecule has 1 fully saturated rings. The first-order valence-corrected chi connectivity index (χ1v) is 13.8. The zero-order chi connectivity index (χ0) is 28.6. The molecule has 3 aromatic rings. The van der Waals surface area contributed by atoms with Crippen molar-refractivity contribution < 1.29 is 14.4 Å². The number of halogens is 2. The molecule has 4 amide bonds.